The van der Waals surface area contributed by atoms with E-state index in [1.807, 2.05) is 49.4 Å². The van der Waals surface area contributed by atoms with Crippen LogP contribution in [0.2, 0.25) is 0 Å². The van der Waals surface area contributed by atoms with Crippen LogP contribution in [0.4, 0.5) is 0 Å². The van der Waals surface area contributed by atoms with Crippen LogP contribution >= 0.6 is 0 Å². The third kappa shape index (κ3) is 2.61. The molecule has 1 unspecified atom stereocenters. The molecule has 0 N–H and O–H groups in total. The standard InChI is InChI=1S/C22H19NO/c1-15(17-8-4-3-5-9-17)23-16(2)18-12-13-20-19-10-6-7-11-21(19)24-22(20)14-18/h3-12,14,20H,1,13H2,2H3. The van der Waals surface area contributed by atoms with Crippen LogP contribution in [0.1, 0.15) is 30.4 Å². The maximum absolute atomic E-state index is 6.02. The Morgan fingerprint density at radius 3 is 2.67 bits per heavy atom. The average Bonchev–Trinajstić information content (AvgIpc) is 3.00. The van der Waals surface area contributed by atoms with Crippen molar-refractivity contribution in [3.8, 4) is 5.75 Å². The molecule has 4 rings (SSSR count). The summed E-state index contributed by atoms with van der Waals surface area (Å²) in [6.07, 6.45) is 5.31. The Morgan fingerprint density at radius 1 is 1.08 bits per heavy atom. The van der Waals surface area contributed by atoms with Crippen molar-refractivity contribution in [1.82, 2.24) is 0 Å². The van der Waals surface area contributed by atoms with E-state index >= 15 is 0 Å². The fourth-order valence-corrected chi connectivity index (χ4v) is 3.26. The normalized spacial score (nSPS) is 18.9. The van der Waals surface area contributed by atoms with E-state index in [1.165, 1.54) is 5.56 Å². The molecule has 0 radical (unpaired) electrons. The maximum atomic E-state index is 6.02. The first-order chi connectivity index (χ1) is 11.7. The van der Waals surface area contributed by atoms with E-state index in [0.29, 0.717) is 5.92 Å². The summed E-state index contributed by atoms with van der Waals surface area (Å²) in [5.41, 5.74) is 5.19. The minimum absolute atomic E-state index is 0.343. The highest BCUT2D eigenvalue weighted by Crippen LogP contribution is 2.45. The van der Waals surface area contributed by atoms with Gasteiger partial charge in [0.1, 0.15) is 11.5 Å². The van der Waals surface area contributed by atoms with E-state index < -0.39 is 0 Å². The number of hydrogen-bond donors (Lipinski definition) is 0. The first-order valence-corrected chi connectivity index (χ1v) is 8.21. The molecule has 1 aliphatic heterocycles. The Balaban J connectivity index is 1.58. The lowest BCUT2D eigenvalue weighted by molar-refractivity contribution is 0.425. The molecule has 2 aromatic rings. The second-order valence-electron chi connectivity index (χ2n) is 6.14. The SMILES string of the molecule is C=C(N=C(C)C1=CCC2C(=C1)Oc1ccccc12)c1ccccc1. The topological polar surface area (TPSA) is 21.6 Å². The maximum Gasteiger partial charge on any atom is 0.130 e. The van der Waals surface area contributed by atoms with E-state index in [0.717, 1.165) is 40.5 Å². The van der Waals surface area contributed by atoms with Gasteiger partial charge in [-0.2, -0.15) is 0 Å². The lowest BCUT2D eigenvalue weighted by atomic mass is 9.89. The molecule has 1 heterocycles. The Morgan fingerprint density at radius 2 is 1.83 bits per heavy atom. The van der Waals surface area contributed by atoms with E-state index in [4.69, 9.17) is 4.74 Å². The van der Waals surface area contributed by atoms with E-state index in [2.05, 4.69) is 35.9 Å². The summed E-state index contributed by atoms with van der Waals surface area (Å²) in [5, 5.41) is 0. The number of fused-ring (bicyclic) bond motifs is 3. The van der Waals surface area contributed by atoms with Gasteiger partial charge in [0.2, 0.25) is 0 Å². The molecule has 0 aromatic heterocycles. The van der Waals surface area contributed by atoms with Gasteiger partial charge in [0.15, 0.2) is 0 Å². The van der Waals surface area contributed by atoms with Crippen molar-refractivity contribution in [1.29, 1.82) is 0 Å². The molecule has 1 aliphatic carbocycles. The molecule has 0 spiro atoms. The zero-order valence-electron chi connectivity index (χ0n) is 13.7. The molecule has 118 valence electrons. The molecule has 2 heteroatoms. The predicted octanol–water partition coefficient (Wildman–Crippen LogP) is 5.51. The van der Waals surface area contributed by atoms with E-state index in [9.17, 15) is 0 Å². The summed E-state index contributed by atoms with van der Waals surface area (Å²) in [6.45, 7) is 6.12. The van der Waals surface area contributed by atoms with E-state index in [1.54, 1.807) is 0 Å². The van der Waals surface area contributed by atoms with Gasteiger partial charge in [0.25, 0.3) is 0 Å². The zero-order chi connectivity index (χ0) is 16.5. The number of aliphatic imine (C=N–C) groups is 1. The van der Waals surface area contributed by atoms with Crippen LogP contribution in [0, 0.1) is 0 Å². The number of benzene rings is 2. The summed E-state index contributed by atoms with van der Waals surface area (Å²) in [7, 11) is 0. The van der Waals surface area contributed by atoms with Crippen molar-refractivity contribution in [2.45, 2.75) is 19.3 Å². The van der Waals surface area contributed by atoms with Crippen LogP contribution in [0.3, 0.4) is 0 Å². The summed E-state index contributed by atoms with van der Waals surface area (Å²) >= 11 is 0. The predicted molar refractivity (Wildman–Crippen MR) is 99.2 cm³/mol. The van der Waals surface area contributed by atoms with Gasteiger partial charge in [0, 0.05) is 17.2 Å². The van der Waals surface area contributed by atoms with Gasteiger partial charge in [-0.25, -0.2) is 0 Å². The van der Waals surface area contributed by atoms with Crippen molar-refractivity contribution >= 4 is 11.4 Å². The van der Waals surface area contributed by atoms with Gasteiger partial charge in [-0.15, -0.1) is 0 Å². The fourth-order valence-electron chi connectivity index (χ4n) is 3.26. The third-order valence-corrected chi connectivity index (χ3v) is 4.56. The second-order valence-corrected chi connectivity index (χ2v) is 6.14. The van der Waals surface area contributed by atoms with Crippen molar-refractivity contribution in [2.24, 2.45) is 4.99 Å². The van der Waals surface area contributed by atoms with Gasteiger partial charge in [-0.05, 0) is 36.6 Å². The molecule has 0 saturated heterocycles. The summed E-state index contributed by atoms with van der Waals surface area (Å²) in [6, 6.07) is 18.3. The molecule has 2 nitrogen and oxygen atoms in total. The minimum atomic E-state index is 0.343. The van der Waals surface area contributed by atoms with Crippen LogP contribution in [0.5, 0.6) is 5.75 Å². The van der Waals surface area contributed by atoms with Crippen molar-refractivity contribution in [3.05, 3.63) is 95.8 Å². The Hall–Kier alpha value is -2.87. The molecule has 1 atom stereocenters. The van der Waals surface area contributed by atoms with E-state index in [-0.39, 0.29) is 0 Å². The fraction of sp³-hybridized carbons (Fsp3) is 0.136. The lowest BCUT2D eigenvalue weighted by Crippen LogP contribution is -2.07. The van der Waals surface area contributed by atoms with Crippen LogP contribution in [0.25, 0.3) is 5.70 Å². The Labute approximate surface area is 142 Å². The van der Waals surface area contributed by atoms with Crippen molar-refractivity contribution in [3.63, 3.8) is 0 Å². The van der Waals surface area contributed by atoms with Crippen LogP contribution in [-0.2, 0) is 0 Å². The highest BCUT2D eigenvalue weighted by Gasteiger charge is 2.30. The zero-order valence-corrected chi connectivity index (χ0v) is 13.7. The second kappa shape index (κ2) is 5.97. The minimum Gasteiger partial charge on any atom is -0.461 e. The summed E-state index contributed by atoms with van der Waals surface area (Å²) < 4.78 is 6.02. The number of hydrogen-bond acceptors (Lipinski definition) is 2. The number of nitrogens with zero attached hydrogens (tertiary/aromatic N) is 1. The van der Waals surface area contributed by atoms with Gasteiger partial charge in [0.05, 0.1) is 5.70 Å². The first-order valence-electron chi connectivity index (χ1n) is 8.21. The number of rotatable bonds is 3. The van der Waals surface area contributed by atoms with Gasteiger partial charge in [-0.3, -0.25) is 4.99 Å². The van der Waals surface area contributed by atoms with Crippen molar-refractivity contribution in [2.75, 3.05) is 0 Å². The summed E-state index contributed by atoms with van der Waals surface area (Å²) in [5.74, 6) is 2.34. The highest BCUT2D eigenvalue weighted by molar-refractivity contribution is 6.03. The number of ether oxygens (including phenoxy) is 1. The average molecular weight is 313 g/mol. The van der Waals surface area contributed by atoms with Gasteiger partial charge >= 0.3 is 0 Å². The summed E-state index contributed by atoms with van der Waals surface area (Å²) in [4.78, 5) is 4.69. The smallest absolute Gasteiger partial charge is 0.130 e. The molecular formula is C22H19NO. The molecule has 24 heavy (non-hydrogen) atoms. The number of allylic oxidation sites excluding steroid dienone is 4. The quantitative estimate of drug-likeness (QED) is 0.685. The lowest BCUT2D eigenvalue weighted by Gasteiger charge is -2.16. The first kappa shape index (κ1) is 14.7. The molecule has 2 aliphatic rings. The van der Waals surface area contributed by atoms with Gasteiger partial charge < -0.3 is 4.74 Å². The third-order valence-electron chi connectivity index (χ3n) is 4.56. The Bertz CT molecular complexity index is 887. The monoisotopic (exact) mass is 313 g/mol. The van der Waals surface area contributed by atoms with Gasteiger partial charge in [-0.1, -0.05) is 61.2 Å². The molecule has 0 saturated carbocycles. The largest absolute Gasteiger partial charge is 0.461 e. The van der Waals surface area contributed by atoms with Crippen LogP contribution in [-0.4, -0.2) is 5.71 Å². The van der Waals surface area contributed by atoms with Crippen LogP contribution < -0.4 is 4.74 Å². The molecule has 2 aromatic carbocycles. The highest BCUT2D eigenvalue weighted by atomic mass is 16.5. The van der Waals surface area contributed by atoms with Crippen molar-refractivity contribution < 1.29 is 4.74 Å². The molecule has 0 bridgehead atoms. The number of para-hydroxylation sites is 1. The molecular weight excluding hydrogens is 294 g/mol. The van der Waals surface area contributed by atoms with Crippen LogP contribution in [0.15, 0.2) is 89.7 Å². The molecule has 0 amide bonds. The molecule has 0 fully saturated rings. The Kier molecular flexibility index (Phi) is 3.66.